The summed E-state index contributed by atoms with van der Waals surface area (Å²) in [5.74, 6) is 1.08. The summed E-state index contributed by atoms with van der Waals surface area (Å²) in [6.45, 7) is 2.82. The Morgan fingerprint density at radius 2 is 2.25 bits per heavy atom. The minimum absolute atomic E-state index is 0.153. The van der Waals surface area contributed by atoms with Gasteiger partial charge in [-0.15, -0.1) is 0 Å². The molecular formula is C14H21N5O. The van der Waals surface area contributed by atoms with Gasteiger partial charge in [0.1, 0.15) is 5.82 Å². The lowest BCUT2D eigenvalue weighted by atomic mass is 10.2. The van der Waals surface area contributed by atoms with Crippen LogP contribution >= 0.6 is 0 Å². The molecule has 2 rings (SSSR count). The van der Waals surface area contributed by atoms with Crippen molar-refractivity contribution in [3.05, 3.63) is 24.0 Å². The lowest BCUT2D eigenvalue weighted by molar-refractivity contribution is -0.128. The average Bonchev–Trinajstić information content (AvgIpc) is 2.91. The molecule has 2 heterocycles. The van der Waals surface area contributed by atoms with Crippen LogP contribution in [-0.2, 0) is 11.2 Å². The number of aromatic nitrogens is 3. The maximum absolute atomic E-state index is 11.5. The van der Waals surface area contributed by atoms with Gasteiger partial charge in [-0.05, 0) is 12.8 Å². The summed E-state index contributed by atoms with van der Waals surface area (Å²) in [6, 6.07) is 3.90. The standard InChI is InChI=1S/C14H21N5O/c1-4-11-10-13(19-12(17-11)7-9-16-19)15-8-5-6-14(20)18(2)3/h7,9-10,15H,4-6,8H2,1-3H3. The van der Waals surface area contributed by atoms with E-state index in [1.54, 1.807) is 29.7 Å². The van der Waals surface area contributed by atoms with E-state index < -0.39 is 0 Å². The zero-order valence-electron chi connectivity index (χ0n) is 12.3. The Bertz CT molecular complexity index is 590. The molecule has 1 amide bonds. The maximum Gasteiger partial charge on any atom is 0.222 e. The zero-order valence-corrected chi connectivity index (χ0v) is 12.3. The first-order valence-electron chi connectivity index (χ1n) is 6.89. The normalized spacial score (nSPS) is 10.8. The highest BCUT2D eigenvalue weighted by Crippen LogP contribution is 2.13. The molecule has 0 aliphatic heterocycles. The molecule has 0 saturated heterocycles. The highest BCUT2D eigenvalue weighted by Gasteiger charge is 2.06. The van der Waals surface area contributed by atoms with Crippen molar-refractivity contribution in [1.82, 2.24) is 19.5 Å². The number of carbonyl (C=O) groups is 1. The molecule has 1 N–H and O–H groups in total. The van der Waals surface area contributed by atoms with Crippen molar-refractivity contribution in [3.8, 4) is 0 Å². The molecule has 0 radical (unpaired) electrons. The largest absolute Gasteiger partial charge is 0.370 e. The van der Waals surface area contributed by atoms with E-state index in [0.717, 1.165) is 36.5 Å². The Hall–Kier alpha value is -2.11. The van der Waals surface area contributed by atoms with E-state index >= 15 is 0 Å². The molecule has 0 aromatic carbocycles. The molecule has 6 heteroatoms. The molecule has 0 unspecified atom stereocenters. The van der Waals surface area contributed by atoms with E-state index in [1.807, 2.05) is 12.1 Å². The molecule has 0 atom stereocenters. The summed E-state index contributed by atoms with van der Waals surface area (Å²) in [7, 11) is 3.55. The van der Waals surface area contributed by atoms with Crippen LogP contribution in [0, 0.1) is 0 Å². The molecule has 6 nitrogen and oxygen atoms in total. The van der Waals surface area contributed by atoms with Crippen LogP contribution in [0.15, 0.2) is 18.3 Å². The van der Waals surface area contributed by atoms with Crippen LogP contribution < -0.4 is 5.32 Å². The zero-order chi connectivity index (χ0) is 14.5. The van der Waals surface area contributed by atoms with Gasteiger partial charge in [0.15, 0.2) is 5.65 Å². The molecule has 2 aromatic heterocycles. The lowest BCUT2D eigenvalue weighted by Gasteiger charge is -2.12. The van der Waals surface area contributed by atoms with Gasteiger partial charge in [-0.3, -0.25) is 4.79 Å². The third kappa shape index (κ3) is 3.26. The van der Waals surface area contributed by atoms with E-state index in [9.17, 15) is 4.79 Å². The van der Waals surface area contributed by atoms with Gasteiger partial charge in [-0.2, -0.15) is 9.61 Å². The van der Waals surface area contributed by atoms with Crippen molar-refractivity contribution in [1.29, 1.82) is 0 Å². The number of aryl methyl sites for hydroxylation is 1. The summed E-state index contributed by atoms with van der Waals surface area (Å²) in [5.41, 5.74) is 1.88. The molecule has 0 saturated carbocycles. The van der Waals surface area contributed by atoms with Gasteiger partial charge < -0.3 is 10.2 Å². The second-order valence-corrected chi connectivity index (χ2v) is 4.91. The number of anilines is 1. The summed E-state index contributed by atoms with van der Waals surface area (Å²) < 4.78 is 1.78. The highest BCUT2D eigenvalue weighted by molar-refractivity contribution is 5.75. The fourth-order valence-corrected chi connectivity index (χ4v) is 1.95. The van der Waals surface area contributed by atoms with E-state index in [-0.39, 0.29) is 5.91 Å². The van der Waals surface area contributed by atoms with Gasteiger partial charge >= 0.3 is 0 Å². The van der Waals surface area contributed by atoms with Crippen LogP contribution in [-0.4, -0.2) is 46.0 Å². The topological polar surface area (TPSA) is 62.5 Å². The summed E-state index contributed by atoms with van der Waals surface area (Å²) in [4.78, 5) is 17.6. The maximum atomic E-state index is 11.5. The van der Waals surface area contributed by atoms with E-state index in [1.165, 1.54) is 0 Å². The minimum atomic E-state index is 0.153. The monoisotopic (exact) mass is 275 g/mol. The molecule has 0 aliphatic rings. The summed E-state index contributed by atoms with van der Waals surface area (Å²) in [5, 5.41) is 7.59. The van der Waals surface area contributed by atoms with Crippen molar-refractivity contribution in [3.63, 3.8) is 0 Å². The van der Waals surface area contributed by atoms with Gasteiger partial charge in [0.25, 0.3) is 0 Å². The number of nitrogens with one attached hydrogen (secondary N) is 1. The van der Waals surface area contributed by atoms with Crippen LogP contribution in [0.3, 0.4) is 0 Å². The van der Waals surface area contributed by atoms with Crippen molar-refractivity contribution < 1.29 is 4.79 Å². The number of hydrogen-bond acceptors (Lipinski definition) is 4. The average molecular weight is 275 g/mol. The fraction of sp³-hybridized carbons (Fsp3) is 0.500. The number of hydrogen-bond donors (Lipinski definition) is 1. The quantitative estimate of drug-likeness (QED) is 0.813. The molecule has 0 spiro atoms. The van der Waals surface area contributed by atoms with E-state index in [2.05, 4.69) is 22.3 Å². The second kappa shape index (κ2) is 6.36. The fourth-order valence-electron chi connectivity index (χ4n) is 1.95. The Morgan fingerprint density at radius 1 is 1.45 bits per heavy atom. The summed E-state index contributed by atoms with van der Waals surface area (Å²) >= 11 is 0. The molecule has 2 aromatic rings. The van der Waals surface area contributed by atoms with Crippen molar-refractivity contribution in [2.75, 3.05) is 26.0 Å². The summed E-state index contributed by atoms with van der Waals surface area (Å²) in [6.07, 6.45) is 3.97. The third-order valence-corrected chi connectivity index (χ3v) is 3.15. The lowest BCUT2D eigenvalue weighted by Crippen LogP contribution is -2.22. The van der Waals surface area contributed by atoms with Gasteiger partial charge in [0.05, 0.1) is 6.20 Å². The highest BCUT2D eigenvalue weighted by atomic mass is 16.2. The van der Waals surface area contributed by atoms with Crippen molar-refractivity contribution in [2.24, 2.45) is 0 Å². The Balaban J connectivity index is 1.99. The molecule has 0 aliphatic carbocycles. The minimum Gasteiger partial charge on any atom is -0.370 e. The van der Waals surface area contributed by atoms with Crippen LogP contribution in [0.2, 0.25) is 0 Å². The molecule has 20 heavy (non-hydrogen) atoms. The Morgan fingerprint density at radius 3 is 2.95 bits per heavy atom. The first kappa shape index (κ1) is 14.3. The smallest absolute Gasteiger partial charge is 0.222 e. The first-order valence-corrected chi connectivity index (χ1v) is 6.89. The first-order chi connectivity index (χ1) is 9.61. The van der Waals surface area contributed by atoms with Gasteiger partial charge in [-0.1, -0.05) is 6.92 Å². The Labute approximate surface area is 118 Å². The number of fused-ring (bicyclic) bond motifs is 1. The number of nitrogens with zero attached hydrogens (tertiary/aromatic N) is 4. The van der Waals surface area contributed by atoms with Gasteiger partial charge in [0, 0.05) is 44.9 Å². The molecular weight excluding hydrogens is 254 g/mol. The van der Waals surface area contributed by atoms with E-state index in [0.29, 0.717) is 6.42 Å². The predicted molar refractivity (Wildman–Crippen MR) is 78.8 cm³/mol. The molecule has 108 valence electrons. The SMILES string of the molecule is CCc1cc(NCCCC(=O)N(C)C)n2nccc2n1. The van der Waals surface area contributed by atoms with Crippen LogP contribution in [0.5, 0.6) is 0 Å². The van der Waals surface area contributed by atoms with Crippen molar-refractivity contribution >= 4 is 17.4 Å². The second-order valence-electron chi connectivity index (χ2n) is 4.91. The number of rotatable bonds is 6. The van der Waals surface area contributed by atoms with Crippen LogP contribution in [0.1, 0.15) is 25.5 Å². The number of carbonyl (C=O) groups excluding carboxylic acids is 1. The van der Waals surface area contributed by atoms with Crippen molar-refractivity contribution in [2.45, 2.75) is 26.2 Å². The van der Waals surface area contributed by atoms with Crippen LogP contribution in [0.4, 0.5) is 5.82 Å². The Kier molecular flexibility index (Phi) is 4.55. The van der Waals surface area contributed by atoms with Gasteiger partial charge in [-0.25, -0.2) is 4.98 Å². The predicted octanol–water partition coefficient (Wildman–Crippen LogP) is 1.57. The van der Waals surface area contributed by atoms with E-state index in [4.69, 9.17) is 0 Å². The molecule has 0 bridgehead atoms. The van der Waals surface area contributed by atoms with Gasteiger partial charge in [0.2, 0.25) is 5.91 Å². The third-order valence-electron chi connectivity index (χ3n) is 3.15. The molecule has 0 fully saturated rings. The number of amides is 1. The van der Waals surface area contributed by atoms with Crippen LogP contribution in [0.25, 0.3) is 5.65 Å².